The van der Waals surface area contributed by atoms with E-state index in [0.717, 1.165) is 0 Å². The van der Waals surface area contributed by atoms with Crippen molar-refractivity contribution in [2.24, 2.45) is 0 Å². The maximum absolute atomic E-state index is 11.7. The molecule has 4 amide bonds. The van der Waals surface area contributed by atoms with E-state index < -0.39 is 12.3 Å². The molecule has 0 aromatic heterocycles. The van der Waals surface area contributed by atoms with E-state index in [-0.39, 0.29) is 6.03 Å². The topological polar surface area (TPSA) is 102 Å². The van der Waals surface area contributed by atoms with Crippen LogP contribution in [0.3, 0.4) is 0 Å². The Hall–Kier alpha value is -2.25. The van der Waals surface area contributed by atoms with Crippen molar-refractivity contribution in [3.63, 3.8) is 0 Å². The van der Waals surface area contributed by atoms with Crippen LogP contribution in [0.5, 0.6) is 0 Å². The molecule has 0 aliphatic carbocycles. The van der Waals surface area contributed by atoms with Gasteiger partial charge >= 0.3 is 12.1 Å². The fourth-order valence-corrected chi connectivity index (χ4v) is 1.86. The lowest BCUT2D eigenvalue weighted by Gasteiger charge is -2.21. The number of halogens is 1. The molecule has 8 heteroatoms. The van der Waals surface area contributed by atoms with Gasteiger partial charge in [-0.2, -0.15) is 0 Å². The summed E-state index contributed by atoms with van der Waals surface area (Å²) in [6.45, 7) is 0.319. The van der Waals surface area contributed by atoms with Crippen LogP contribution in [0.4, 0.5) is 15.3 Å². The first kappa shape index (κ1) is 15.1. The molecule has 0 spiro atoms. The number of rotatable bonds is 4. The maximum atomic E-state index is 11.7. The fourth-order valence-electron chi connectivity index (χ4n) is 1.73. The minimum absolute atomic E-state index is 0.319. The molecule has 0 fully saturated rings. The number of urea groups is 2. The normalized spacial score (nSPS) is 17.3. The van der Waals surface area contributed by atoms with Gasteiger partial charge in [0.05, 0.1) is 0 Å². The van der Waals surface area contributed by atoms with Crippen molar-refractivity contribution in [2.75, 3.05) is 11.9 Å². The zero-order valence-corrected chi connectivity index (χ0v) is 11.8. The van der Waals surface area contributed by atoms with Crippen molar-refractivity contribution in [3.8, 4) is 0 Å². The standard InChI is InChI=1S/C13H15ClN4O3/c14-9-1-3-10(4-2-9)17-12(20)15-6-5-8-7-16-13(21)18-11(8)19/h1-4,7,11,19H,5-6H2,(H2,15,17,20)(H2,16,18,21)/t11-/m0/s1. The lowest BCUT2D eigenvalue weighted by atomic mass is 10.1. The Kier molecular flexibility index (Phi) is 5.02. The van der Waals surface area contributed by atoms with E-state index in [9.17, 15) is 14.7 Å². The summed E-state index contributed by atoms with van der Waals surface area (Å²) >= 11 is 5.75. The second-order valence-electron chi connectivity index (χ2n) is 4.38. The SMILES string of the molecule is O=C(NCCC1=CNC(=O)N[C@H]1O)Nc1ccc(Cl)cc1. The molecule has 1 aliphatic heterocycles. The van der Waals surface area contributed by atoms with Crippen LogP contribution in [0, 0.1) is 0 Å². The highest BCUT2D eigenvalue weighted by Crippen LogP contribution is 2.13. The Bertz CT molecular complexity index is 559. The first-order valence-corrected chi connectivity index (χ1v) is 6.67. The Morgan fingerprint density at radius 2 is 2.05 bits per heavy atom. The van der Waals surface area contributed by atoms with Crippen molar-refractivity contribution in [1.29, 1.82) is 0 Å². The van der Waals surface area contributed by atoms with Crippen molar-refractivity contribution >= 4 is 29.4 Å². The molecule has 21 heavy (non-hydrogen) atoms. The first-order chi connectivity index (χ1) is 10.0. The van der Waals surface area contributed by atoms with Gasteiger partial charge in [-0.15, -0.1) is 0 Å². The maximum Gasteiger partial charge on any atom is 0.321 e. The first-order valence-electron chi connectivity index (χ1n) is 6.29. The number of hydrogen-bond donors (Lipinski definition) is 5. The van der Waals surface area contributed by atoms with E-state index in [0.29, 0.717) is 29.2 Å². The number of hydrogen-bond acceptors (Lipinski definition) is 3. The molecule has 1 aromatic carbocycles. The molecule has 112 valence electrons. The Morgan fingerprint density at radius 1 is 1.33 bits per heavy atom. The van der Waals surface area contributed by atoms with Gasteiger partial charge in [-0.3, -0.25) is 0 Å². The van der Waals surface area contributed by atoms with Gasteiger partial charge in [0.1, 0.15) is 0 Å². The molecule has 1 atom stereocenters. The van der Waals surface area contributed by atoms with Gasteiger partial charge in [0.2, 0.25) is 0 Å². The molecular formula is C13H15ClN4O3. The average molecular weight is 311 g/mol. The molecule has 7 nitrogen and oxygen atoms in total. The van der Waals surface area contributed by atoms with Crippen LogP contribution < -0.4 is 21.3 Å². The Balaban J connectivity index is 1.74. The highest BCUT2D eigenvalue weighted by molar-refractivity contribution is 6.30. The van der Waals surface area contributed by atoms with Gasteiger partial charge in [-0.05, 0) is 36.3 Å². The van der Waals surface area contributed by atoms with Crippen LogP contribution in [0.1, 0.15) is 6.42 Å². The Morgan fingerprint density at radius 3 is 2.71 bits per heavy atom. The number of amides is 4. The minimum Gasteiger partial charge on any atom is -0.370 e. The second-order valence-corrected chi connectivity index (χ2v) is 4.81. The summed E-state index contributed by atoms with van der Waals surface area (Å²) in [5.41, 5.74) is 1.21. The van der Waals surface area contributed by atoms with E-state index >= 15 is 0 Å². The molecule has 0 unspecified atom stereocenters. The van der Waals surface area contributed by atoms with Crippen LogP contribution in [0.25, 0.3) is 0 Å². The number of carbonyl (C=O) groups is 2. The van der Waals surface area contributed by atoms with Gasteiger partial charge in [-0.1, -0.05) is 11.6 Å². The predicted octanol–water partition coefficient (Wildman–Crippen LogP) is 1.37. The van der Waals surface area contributed by atoms with Crippen molar-refractivity contribution in [1.82, 2.24) is 16.0 Å². The van der Waals surface area contributed by atoms with Crippen LogP contribution in [-0.4, -0.2) is 29.9 Å². The summed E-state index contributed by atoms with van der Waals surface area (Å²) in [5.74, 6) is 0. The summed E-state index contributed by atoms with van der Waals surface area (Å²) in [6, 6.07) is 5.91. The van der Waals surface area contributed by atoms with Gasteiger partial charge < -0.3 is 26.4 Å². The molecule has 1 aliphatic rings. The minimum atomic E-state index is -1.03. The van der Waals surface area contributed by atoms with Gasteiger partial charge in [0.25, 0.3) is 0 Å². The molecule has 2 rings (SSSR count). The highest BCUT2D eigenvalue weighted by atomic mass is 35.5. The summed E-state index contributed by atoms with van der Waals surface area (Å²) in [5, 5.41) is 20.2. The summed E-state index contributed by atoms with van der Waals surface area (Å²) in [6.07, 6.45) is 0.810. The molecule has 0 saturated carbocycles. The molecule has 0 bridgehead atoms. The fraction of sp³-hybridized carbons (Fsp3) is 0.231. The Labute approximate surface area is 126 Å². The van der Waals surface area contributed by atoms with E-state index in [1.807, 2.05) is 0 Å². The largest absolute Gasteiger partial charge is 0.370 e. The number of anilines is 1. The third-order valence-corrected chi connectivity index (χ3v) is 3.06. The molecule has 1 heterocycles. The third-order valence-electron chi connectivity index (χ3n) is 2.81. The predicted molar refractivity (Wildman–Crippen MR) is 78.8 cm³/mol. The van der Waals surface area contributed by atoms with Crippen LogP contribution in [0.2, 0.25) is 5.02 Å². The van der Waals surface area contributed by atoms with E-state index in [4.69, 9.17) is 11.6 Å². The zero-order valence-electron chi connectivity index (χ0n) is 11.0. The molecular weight excluding hydrogens is 296 g/mol. The quantitative estimate of drug-likeness (QED) is 0.580. The zero-order chi connectivity index (χ0) is 15.2. The van der Waals surface area contributed by atoms with Gasteiger partial charge in [-0.25, -0.2) is 9.59 Å². The van der Waals surface area contributed by atoms with Gasteiger partial charge in [0, 0.05) is 23.5 Å². The number of carbonyl (C=O) groups excluding carboxylic acids is 2. The monoisotopic (exact) mass is 310 g/mol. The smallest absolute Gasteiger partial charge is 0.321 e. The summed E-state index contributed by atoms with van der Waals surface area (Å²) < 4.78 is 0. The summed E-state index contributed by atoms with van der Waals surface area (Å²) in [4.78, 5) is 22.6. The number of aliphatic hydroxyl groups is 1. The van der Waals surface area contributed by atoms with E-state index in [1.54, 1.807) is 24.3 Å². The van der Waals surface area contributed by atoms with E-state index in [1.165, 1.54) is 6.20 Å². The van der Waals surface area contributed by atoms with Crippen molar-refractivity contribution in [3.05, 3.63) is 41.1 Å². The number of benzene rings is 1. The van der Waals surface area contributed by atoms with Crippen LogP contribution >= 0.6 is 11.6 Å². The van der Waals surface area contributed by atoms with Gasteiger partial charge in [0.15, 0.2) is 6.23 Å². The lowest BCUT2D eigenvalue weighted by Crippen LogP contribution is -2.46. The highest BCUT2D eigenvalue weighted by Gasteiger charge is 2.18. The van der Waals surface area contributed by atoms with Crippen molar-refractivity contribution in [2.45, 2.75) is 12.6 Å². The third kappa shape index (κ3) is 4.66. The molecule has 0 saturated heterocycles. The summed E-state index contributed by atoms with van der Waals surface area (Å²) in [7, 11) is 0. The molecule has 1 aromatic rings. The van der Waals surface area contributed by atoms with Crippen molar-refractivity contribution < 1.29 is 14.7 Å². The van der Waals surface area contributed by atoms with E-state index in [2.05, 4.69) is 21.3 Å². The van der Waals surface area contributed by atoms with Crippen LogP contribution in [0.15, 0.2) is 36.0 Å². The number of aliphatic hydroxyl groups excluding tert-OH is 1. The molecule has 0 radical (unpaired) electrons. The lowest BCUT2D eigenvalue weighted by molar-refractivity contribution is 0.161. The average Bonchev–Trinajstić information content (AvgIpc) is 2.44. The second kappa shape index (κ2) is 6.96. The number of nitrogens with one attached hydrogen (secondary N) is 4. The van der Waals surface area contributed by atoms with Crippen LogP contribution in [-0.2, 0) is 0 Å². The molecule has 5 N–H and O–H groups in total.